The first-order chi connectivity index (χ1) is 3.33. The van der Waals surface area contributed by atoms with Crippen LogP contribution in [-0.2, 0) is 9.53 Å². The highest BCUT2D eigenvalue weighted by molar-refractivity contribution is 7.85. The average Bonchev–Trinajstić information content (AvgIpc) is 1.69. The second-order valence-corrected chi connectivity index (χ2v) is 0.632. The molecule has 0 rings (SSSR count). The monoisotopic (exact) mass is 136 g/mol. The number of nitrogens with zero attached hydrogens (tertiary/aromatic N) is 1. The number of carbonyl (C=O) groups is 1. The van der Waals surface area contributed by atoms with E-state index in [1.807, 2.05) is 0 Å². The van der Waals surface area contributed by atoms with Crippen molar-refractivity contribution in [3.05, 3.63) is 0 Å². The van der Waals surface area contributed by atoms with Crippen LogP contribution in [0.25, 0.3) is 0 Å². The molecule has 0 heterocycles. The summed E-state index contributed by atoms with van der Waals surface area (Å²) in [5, 5.41) is 8.63. The van der Waals surface area contributed by atoms with Gasteiger partial charge in [0.05, 0.1) is 7.11 Å². The number of hydrogen-bond donors (Lipinski definition) is 2. The highest BCUT2D eigenvalue weighted by Crippen LogP contribution is 1.46. The van der Waals surface area contributed by atoms with E-state index in [4.69, 9.17) is 10.1 Å². The SMILES string of the molecule is COC=O.N.N#CS. The standard InChI is InChI=1S/C2H4O2.CHNS.H3N/c1-4-2-3;2-1-3;/h2H,1H3;3H;1H3. The minimum Gasteiger partial charge on any atom is -0.471 e. The van der Waals surface area contributed by atoms with Crippen molar-refractivity contribution in [3.8, 4) is 5.40 Å². The molecule has 0 saturated heterocycles. The van der Waals surface area contributed by atoms with Gasteiger partial charge in [0, 0.05) is 0 Å². The van der Waals surface area contributed by atoms with E-state index in [0.29, 0.717) is 6.47 Å². The van der Waals surface area contributed by atoms with E-state index in [2.05, 4.69) is 17.4 Å². The largest absolute Gasteiger partial charge is 0.471 e. The molecule has 0 aromatic heterocycles. The molecule has 0 fully saturated rings. The van der Waals surface area contributed by atoms with Crippen molar-refractivity contribution in [2.24, 2.45) is 0 Å². The summed E-state index contributed by atoms with van der Waals surface area (Å²) in [7, 11) is 1.31. The van der Waals surface area contributed by atoms with Gasteiger partial charge in [-0.05, 0) is 0 Å². The molecular formula is C3H8N2O2S. The third-order valence-electron chi connectivity index (χ3n) is 0.0962. The van der Waals surface area contributed by atoms with Gasteiger partial charge in [0.25, 0.3) is 6.47 Å². The first-order valence-electron chi connectivity index (χ1n) is 1.33. The van der Waals surface area contributed by atoms with Gasteiger partial charge < -0.3 is 10.9 Å². The molecule has 0 aliphatic carbocycles. The highest BCUT2D eigenvalue weighted by atomic mass is 32.1. The summed E-state index contributed by atoms with van der Waals surface area (Å²) in [6.07, 6.45) is 0. The lowest BCUT2D eigenvalue weighted by molar-refractivity contribution is -0.126. The number of nitriles is 1. The normalized spacial score (nSPS) is 3.62. The number of ether oxygens (including phenoxy) is 1. The van der Waals surface area contributed by atoms with Crippen molar-refractivity contribution in [2.45, 2.75) is 0 Å². The third-order valence-corrected chi connectivity index (χ3v) is 0.0962. The molecule has 0 aromatic carbocycles. The Labute approximate surface area is 53.4 Å². The Kier molecular flexibility index (Phi) is 66.2. The lowest BCUT2D eigenvalue weighted by atomic mass is 11.5. The van der Waals surface area contributed by atoms with Gasteiger partial charge in [-0.25, -0.2) is 0 Å². The molecule has 4 nitrogen and oxygen atoms in total. The maximum Gasteiger partial charge on any atom is 0.292 e. The Morgan fingerprint density at radius 2 is 2.00 bits per heavy atom. The van der Waals surface area contributed by atoms with Gasteiger partial charge in [0.2, 0.25) is 0 Å². The van der Waals surface area contributed by atoms with Crippen molar-refractivity contribution in [1.29, 1.82) is 5.26 Å². The average molecular weight is 136 g/mol. The van der Waals surface area contributed by atoms with Crippen molar-refractivity contribution in [2.75, 3.05) is 7.11 Å². The molecule has 0 amide bonds. The van der Waals surface area contributed by atoms with Gasteiger partial charge >= 0.3 is 0 Å². The predicted molar refractivity (Wildman–Crippen MR) is 32.7 cm³/mol. The first kappa shape index (κ1) is 15.7. The molecule has 0 radical (unpaired) electrons. The minimum atomic E-state index is 0. The quantitative estimate of drug-likeness (QED) is 0.309. The molecule has 0 atom stereocenters. The topological polar surface area (TPSA) is 85.1 Å². The van der Waals surface area contributed by atoms with Crippen molar-refractivity contribution < 1.29 is 9.53 Å². The van der Waals surface area contributed by atoms with E-state index in [-0.39, 0.29) is 6.15 Å². The number of carbonyl (C=O) groups excluding carboxylic acids is 1. The van der Waals surface area contributed by atoms with Gasteiger partial charge in [-0.1, -0.05) is 12.6 Å². The van der Waals surface area contributed by atoms with Crippen LogP contribution in [0, 0.1) is 10.7 Å². The molecule has 0 aliphatic heterocycles. The van der Waals surface area contributed by atoms with Crippen LogP contribution >= 0.6 is 12.6 Å². The van der Waals surface area contributed by atoms with E-state index in [9.17, 15) is 0 Å². The summed E-state index contributed by atoms with van der Waals surface area (Å²) in [6, 6.07) is 0. The maximum atomic E-state index is 8.95. The molecule has 48 valence electrons. The smallest absolute Gasteiger partial charge is 0.292 e. The Bertz CT molecular complexity index is 70.2. The molecule has 3 N–H and O–H groups in total. The van der Waals surface area contributed by atoms with E-state index < -0.39 is 0 Å². The summed E-state index contributed by atoms with van der Waals surface area (Å²) in [5.74, 6) is 0. The lowest BCUT2D eigenvalue weighted by Gasteiger charge is -1.67. The summed E-state index contributed by atoms with van der Waals surface area (Å²) >= 11 is 3.09. The molecule has 0 unspecified atom stereocenters. The second kappa shape index (κ2) is 33.8. The number of methoxy groups -OCH3 is 1. The Balaban J connectivity index is -0.0000000575. The van der Waals surface area contributed by atoms with Crippen LogP contribution in [0.5, 0.6) is 0 Å². The fourth-order valence-electron chi connectivity index (χ4n) is 0. The molecule has 0 aliphatic rings. The second-order valence-electron chi connectivity index (χ2n) is 0.432. The zero-order valence-corrected chi connectivity index (χ0v) is 5.39. The van der Waals surface area contributed by atoms with Crippen LogP contribution in [0.15, 0.2) is 0 Å². The molecule has 0 saturated carbocycles. The zero-order valence-electron chi connectivity index (χ0n) is 4.50. The van der Waals surface area contributed by atoms with Crippen LogP contribution in [0.3, 0.4) is 0 Å². The van der Waals surface area contributed by atoms with E-state index >= 15 is 0 Å². The van der Waals surface area contributed by atoms with Crippen molar-refractivity contribution in [3.63, 3.8) is 0 Å². The van der Waals surface area contributed by atoms with Crippen LogP contribution in [-0.4, -0.2) is 13.6 Å². The highest BCUT2D eigenvalue weighted by Gasteiger charge is 1.44. The molecule has 5 heteroatoms. The predicted octanol–water partition coefficient (Wildman–Crippen LogP) is 0.348. The van der Waals surface area contributed by atoms with Crippen LogP contribution < -0.4 is 6.15 Å². The van der Waals surface area contributed by atoms with E-state index in [1.165, 1.54) is 12.5 Å². The molecule has 0 aromatic rings. The number of thiocyanates is 1. The summed E-state index contributed by atoms with van der Waals surface area (Å²) < 4.78 is 3.86. The third kappa shape index (κ3) is 1320. The summed E-state index contributed by atoms with van der Waals surface area (Å²) in [5.41, 5.74) is 0. The van der Waals surface area contributed by atoms with Crippen LogP contribution in [0.2, 0.25) is 0 Å². The molecule has 8 heavy (non-hydrogen) atoms. The zero-order chi connectivity index (χ0) is 6.12. The Morgan fingerprint density at radius 1 is 1.88 bits per heavy atom. The number of hydrogen-bond acceptors (Lipinski definition) is 5. The summed E-state index contributed by atoms with van der Waals surface area (Å²) in [6.45, 7) is 0.375. The first-order valence-corrected chi connectivity index (χ1v) is 1.77. The van der Waals surface area contributed by atoms with Gasteiger partial charge in [-0.3, -0.25) is 4.79 Å². The van der Waals surface area contributed by atoms with Gasteiger partial charge in [0.1, 0.15) is 5.40 Å². The van der Waals surface area contributed by atoms with Crippen molar-refractivity contribution >= 4 is 19.1 Å². The van der Waals surface area contributed by atoms with Crippen LogP contribution in [0.1, 0.15) is 0 Å². The fraction of sp³-hybridized carbons (Fsp3) is 0.333. The fourth-order valence-corrected chi connectivity index (χ4v) is 0. The molecule has 0 bridgehead atoms. The van der Waals surface area contributed by atoms with Crippen molar-refractivity contribution in [1.82, 2.24) is 6.15 Å². The molecule has 0 spiro atoms. The maximum absolute atomic E-state index is 8.95. The minimum absolute atomic E-state index is 0. The van der Waals surface area contributed by atoms with E-state index in [1.54, 1.807) is 0 Å². The van der Waals surface area contributed by atoms with Gasteiger partial charge in [0.15, 0.2) is 0 Å². The lowest BCUT2D eigenvalue weighted by Crippen LogP contribution is -1.68. The van der Waals surface area contributed by atoms with Gasteiger partial charge in [-0.15, -0.1) is 0 Å². The van der Waals surface area contributed by atoms with E-state index in [0.717, 1.165) is 0 Å². The Hall–Kier alpha value is -0.730. The number of rotatable bonds is 1. The Morgan fingerprint density at radius 3 is 2.00 bits per heavy atom. The number of thiol groups is 1. The summed E-state index contributed by atoms with van der Waals surface area (Å²) in [4.78, 5) is 8.95. The van der Waals surface area contributed by atoms with Crippen LogP contribution in [0.4, 0.5) is 0 Å². The van der Waals surface area contributed by atoms with Gasteiger partial charge in [-0.2, -0.15) is 5.26 Å². The molecular weight excluding hydrogens is 128 g/mol.